The molecule has 1 amide bonds. The van der Waals surface area contributed by atoms with E-state index >= 15 is 0 Å². The zero-order valence-corrected chi connectivity index (χ0v) is 13.8. The zero-order chi connectivity index (χ0) is 16.2. The van der Waals surface area contributed by atoms with E-state index in [1.165, 1.54) is 5.56 Å². The van der Waals surface area contributed by atoms with Crippen molar-refractivity contribution < 1.29 is 4.79 Å². The summed E-state index contributed by atoms with van der Waals surface area (Å²) in [5, 5.41) is 0. The fourth-order valence-corrected chi connectivity index (χ4v) is 3.15. The number of benzene rings is 1. The smallest absolute Gasteiger partial charge is 0.236 e. The Labute approximate surface area is 137 Å². The number of likely N-dealkylation sites (N-methyl/N-ethyl adjacent to an activating group) is 1. The molecule has 5 nitrogen and oxygen atoms in total. The summed E-state index contributed by atoms with van der Waals surface area (Å²) in [4.78, 5) is 23.8. The molecule has 1 aromatic heterocycles. The highest BCUT2D eigenvalue weighted by molar-refractivity contribution is 5.78. The Morgan fingerprint density at radius 1 is 1.39 bits per heavy atom. The topological polar surface area (TPSA) is 52.2 Å². The lowest BCUT2D eigenvalue weighted by Crippen LogP contribution is -2.37. The maximum Gasteiger partial charge on any atom is 0.236 e. The van der Waals surface area contributed by atoms with Crippen molar-refractivity contribution in [1.29, 1.82) is 0 Å². The van der Waals surface area contributed by atoms with Crippen molar-refractivity contribution in [3.8, 4) is 0 Å². The Morgan fingerprint density at radius 2 is 2.17 bits per heavy atom. The van der Waals surface area contributed by atoms with Crippen molar-refractivity contribution in [3.05, 3.63) is 53.6 Å². The van der Waals surface area contributed by atoms with Gasteiger partial charge in [0.25, 0.3) is 0 Å². The Bertz CT molecular complexity index is 652. The average Bonchev–Trinajstić information content (AvgIpc) is 3.17. The summed E-state index contributed by atoms with van der Waals surface area (Å²) in [5.41, 5.74) is 2.40. The minimum absolute atomic E-state index is 0.146. The van der Waals surface area contributed by atoms with E-state index in [1.54, 1.807) is 11.1 Å². The molecule has 1 aliphatic rings. The third kappa shape index (κ3) is 3.99. The molecule has 2 aromatic rings. The lowest BCUT2D eigenvalue weighted by Gasteiger charge is -2.21. The number of likely N-dealkylation sites (tertiary alicyclic amines) is 1. The second kappa shape index (κ2) is 6.96. The molecule has 1 aliphatic heterocycles. The fourth-order valence-electron chi connectivity index (χ4n) is 3.15. The average molecular weight is 312 g/mol. The maximum absolute atomic E-state index is 12.4. The Hall–Kier alpha value is -2.14. The van der Waals surface area contributed by atoms with Gasteiger partial charge in [-0.3, -0.25) is 9.69 Å². The summed E-state index contributed by atoms with van der Waals surface area (Å²) in [6, 6.07) is 10.6. The van der Waals surface area contributed by atoms with Crippen LogP contribution in [0.5, 0.6) is 0 Å². The van der Waals surface area contributed by atoms with Crippen LogP contribution in [0, 0.1) is 6.92 Å². The van der Waals surface area contributed by atoms with Gasteiger partial charge in [0.15, 0.2) is 0 Å². The van der Waals surface area contributed by atoms with E-state index in [9.17, 15) is 4.79 Å². The van der Waals surface area contributed by atoms with Gasteiger partial charge >= 0.3 is 0 Å². The van der Waals surface area contributed by atoms with Gasteiger partial charge in [0, 0.05) is 25.5 Å². The molecule has 0 bridgehead atoms. The van der Waals surface area contributed by atoms with Crippen molar-refractivity contribution >= 4 is 5.91 Å². The van der Waals surface area contributed by atoms with Gasteiger partial charge < -0.3 is 9.88 Å². The van der Waals surface area contributed by atoms with E-state index in [-0.39, 0.29) is 5.91 Å². The van der Waals surface area contributed by atoms with Crippen LogP contribution in [-0.2, 0) is 11.3 Å². The zero-order valence-electron chi connectivity index (χ0n) is 13.8. The first-order valence-electron chi connectivity index (χ1n) is 8.13. The summed E-state index contributed by atoms with van der Waals surface area (Å²) in [7, 11) is 1.84. The quantitative estimate of drug-likeness (QED) is 0.920. The number of hydrogen-bond acceptors (Lipinski definition) is 3. The van der Waals surface area contributed by atoms with E-state index in [0.717, 1.165) is 31.0 Å². The Balaban J connectivity index is 1.50. The molecule has 122 valence electrons. The number of imidazole rings is 1. The lowest BCUT2D eigenvalue weighted by atomic mass is 9.99. The molecule has 0 aliphatic carbocycles. The van der Waals surface area contributed by atoms with Crippen LogP contribution in [0.2, 0.25) is 0 Å². The molecule has 5 heteroatoms. The highest BCUT2D eigenvalue weighted by Gasteiger charge is 2.26. The van der Waals surface area contributed by atoms with Gasteiger partial charge in [-0.1, -0.05) is 30.3 Å². The number of nitrogens with one attached hydrogen (secondary N) is 1. The molecule has 1 fully saturated rings. The van der Waals surface area contributed by atoms with Crippen molar-refractivity contribution in [3.63, 3.8) is 0 Å². The third-order valence-electron chi connectivity index (χ3n) is 4.47. The summed E-state index contributed by atoms with van der Waals surface area (Å²) >= 11 is 0. The number of amides is 1. The van der Waals surface area contributed by atoms with Crippen molar-refractivity contribution in [1.82, 2.24) is 19.8 Å². The SMILES string of the molecule is Cc1cnc(CN(C)C(=O)CN2CCC(c3ccccc3)C2)[nH]1. The van der Waals surface area contributed by atoms with Gasteiger partial charge in [-0.15, -0.1) is 0 Å². The second-order valence-corrected chi connectivity index (χ2v) is 6.39. The minimum atomic E-state index is 0.146. The molecule has 1 saturated heterocycles. The highest BCUT2D eigenvalue weighted by atomic mass is 16.2. The first-order valence-corrected chi connectivity index (χ1v) is 8.13. The van der Waals surface area contributed by atoms with Crippen LogP contribution in [0.3, 0.4) is 0 Å². The molecular weight excluding hydrogens is 288 g/mol. The first kappa shape index (κ1) is 15.7. The van der Waals surface area contributed by atoms with Gasteiger partial charge in [-0.05, 0) is 31.4 Å². The van der Waals surface area contributed by atoms with E-state index in [2.05, 4.69) is 39.1 Å². The normalized spacial score (nSPS) is 18.3. The van der Waals surface area contributed by atoms with Gasteiger partial charge in [0.1, 0.15) is 5.82 Å². The van der Waals surface area contributed by atoms with Gasteiger partial charge in [0.05, 0.1) is 13.1 Å². The predicted octanol–water partition coefficient (Wildman–Crippen LogP) is 2.17. The van der Waals surface area contributed by atoms with Crippen molar-refractivity contribution in [2.24, 2.45) is 0 Å². The molecular formula is C18H24N4O. The summed E-state index contributed by atoms with van der Waals surface area (Å²) in [6.07, 6.45) is 2.91. The van der Waals surface area contributed by atoms with E-state index in [0.29, 0.717) is 19.0 Å². The number of aryl methyl sites for hydroxylation is 1. The molecule has 1 aromatic carbocycles. The molecule has 1 atom stereocenters. The van der Waals surface area contributed by atoms with E-state index in [4.69, 9.17) is 0 Å². The van der Waals surface area contributed by atoms with Crippen LogP contribution >= 0.6 is 0 Å². The van der Waals surface area contributed by atoms with Crippen LogP contribution in [0.1, 0.15) is 29.4 Å². The summed E-state index contributed by atoms with van der Waals surface area (Å²) < 4.78 is 0. The third-order valence-corrected chi connectivity index (χ3v) is 4.47. The maximum atomic E-state index is 12.4. The number of hydrogen-bond donors (Lipinski definition) is 1. The summed E-state index contributed by atoms with van der Waals surface area (Å²) in [5.74, 6) is 1.52. The first-order chi connectivity index (χ1) is 11.1. The van der Waals surface area contributed by atoms with Crippen LogP contribution in [0.15, 0.2) is 36.5 Å². The van der Waals surface area contributed by atoms with E-state index in [1.807, 2.05) is 20.0 Å². The van der Waals surface area contributed by atoms with Gasteiger partial charge in [-0.25, -0.2) is 4.98 Å². The minimum Gasteiger partial charge on any atom is -0.345 e. The van der Waals surface area contributed by atoms with Crippen LogP contribution in [0.25, 0.3) is 0 Å². The number of H-pyrrole nitrogens is 1. The predicted molar refractivity (Wildman–Crippen MR) is 90.0 cm³/mol. The van der Waals surface area contributed by atoms with Crippen molar-refractivity contribution in [2.45, 2.75) is 25.8 Å². The molecule has 23 heavy (non-hydrogen) atoms. The molecule has 2 heterocycles. The number of aromatic nitrogens is 2. The number of carbonyl (C=O) groups excluding carboxylic acids is 1. The Kier molecular flexibility index (Phi) is 4.76. The number of nitrogens with zero attached hydrogens (tertiary/aromatic N) is 3. The standard InChI is InChI=1S/C18H24N4O/c1-14-10-19-17(20-14)12-21(2)18(23)13-22-9-8-16(11-22)15-6-4-3-5-7-15/h3-7,10,16H,8-9,11-13H2,1-2H3,(H,19,20). The lowest BCUT2D eigenvalue weighted by molar-refractivity contribution is -0.131. The monoisotopic (exact) mass is 312 g/mol. The Morgan fingerprint density at radius 3 is 2.87 bits per heavy atom. The molecule has 0 spiro atoms. The number of rotatable bonds is 5. The number of aromatic amines is 1. The number of carbonyl (C=O) groups is 1. The van der Waals surface area contributed by atoms with Crippen LogP contribution in [-0.4, -0.2) is 52.4 Å². The van der Waals surface area contributed by atoms with Crippen LogP contribution < -0.4 is 0 Å². The second-order valence-electron chi connectivity index (χ2n) is 6.39. The van der Waals surface area contributed by atoms with E-state index < -0.39 is 0 Å². The largest absolute Gasteiger partial charge is 0.345 e. The van der Waals surface area contributed by atoms with Gasteiger partial charge in [-0.2, -0.15) is 0 Å². The molecule has 0 radical (unpaired) electrons. The molecule has 3 rings (SSSR count). The molecule has 1 N–H and O–H groups in total. The highest BCUT2D eigenvalue weighted by Crippen LogP contribution is 2.26. The molecule has 1 unspecified atom stereocenters. The van der Waals surface area contributed by atoms with Gasteiger partial charge in [0.2, 0.25) is 5.91 Å². The van der Waals surface area contributed by atoms with Crippen molar-refractivity contribution in [2.75, 3.05) is 26.7 Å². The van der Waals surface area contributed by atoms with Crippen LogP contribution in [0.4, 0.5) is 0 Å². The summed E-state index contributed by atoms with van der Waals surface area (Å²) in [6.45, 7) is 4.93. The fraction of sp³-hybridized carbons (Fsp3) is 0.444. The molecule has 0 saturated carbocycles.